The minimum Gasteiger partial charge on any atom is -0.439 e. The Morgan fingerprint density at radius 1 is 1.05 bits per heavy atom. The molecule has 0 radical (unpaired) electrons. The molecule has 1 aromatic heterocycles. The number of ether oxygens (including phenoxy) is 1. The molecule has 0 unspecified atom stereocenters. The molecule has 0 aliphatic carbocycles. The number of aromatic nitrogens is 1. The van der Waals surface area contributed by atoms with Gasteiger partial charge in [-0.3, -0.25) is 0 Å². The standard InChI is InChI=1S/C18H15N3O/c19-10-9-13-3-7-17-15(11-13)4-8-18(21-17)22-16-5-1-14(12-20)2-6-16/h1-8,11H,9-10,19H2. The van der Waals surface area contributed by atoms with Crippen molar-refractivity contribution >= 4 is 10.9 Å². The van der Waals surface area contributed by atoms with E-state index in [4.69, 9.17) is 15.7 Å². The van der Waals surface area contributed by atoms with Crippen LogP contribution in [0.3, 0.4) is 0 Å². The first-order valence-electron chi connectivity index (χ1n) is 7.06. The van der Waals surface area contributed by atoms with Gasteiger partial charge >= 0.3 is 0 Å². The Bertz CT molecular complexity index is 835. The van der Waals surface area contributed by atoms with Gasteiger partial charge in [-0.15, -0.1) is 0 Å². The Morgan fingerprint density at radius 2 is 1.86 bits per heavy atom. The summed E-state index contributed by atoms with van der Waals surface area (Å²) in [4.78, 5) is 4.50. The van der Waals surface area contributed by atoms with Gasteiger partial charge in [0.2, 0.25) is 5.88 Å². The van der Waals surface area contributed by atoms with Crippen molar-refractivity contribution in [1.29, 1.82) is 5.26 Å². The fraction of sp³-hybridized carbons (Fsp3) is 0.111. The topological polar surface area (TPSA) is 71.9 Å². The number of rotatable bonds is 4. The van der Waals surface area contributed by atoms with Crippen molar-refractivity contribution in [3.63, 3.8) is 0 Å². The van der Waals surface area contributed by atoms with Crippen LogP contribution in [0.4, 0.5) is 0 Å². The van der Waals surface area contributed by atoms with E-state index >= 15 is 0 Å². The lowest BCUT2D eigenvalue weighted by Crippen LogP contribution is -2.02. The largest absolute Gasteiger partial charge is 0.439 e. The van der Waals surface area contributed by atoms with E-state index in [9.17, 15) is 0 Å². The Labute approximate surface area is 128 Å². The van der Waals surface area contributed by atoms with Crippen molar-refractivity contribution in [2.45, 2.75) is 6.42 Å². The molecule has 4 nitrogen and oxygen atoms in total. The van der Waals surface area contributed by atoms with Crippen LogP contribution in [-0.4, -0.2) is 11.5 Å². The van der Waals surface area contributed by atoms with Gasteiger partial charge in [-0.2, -0.15) is 5.26 Å². The summed E-state index contributed by atoms with van der Waals surface area (Å²) < 4.78 is 5.72. The Balaban J connectivity index is 1.85. The van der Waals surface area contributed by atoms with E-state index in [1.54, 1.807) is 24.3 Å². The minimum atomic E-state index is 0.531. The Hall–Kier alpha value is -2.90. The zero-order chi connectivity index (χ0) is 15.4. The predicted octanol–water partition coefficient (Wildman–Crippen LogP) is 3.40. The van der Waals surface area contributed by atoms with Gasteiger partial charge in [0.15, 0.2) is 0 Å². The lowest BCUT2D eigenvalue weighted by molar-refractivity contribution is 0.465. The van der Waals surface area contributed by atoms with Crippen molar-refractivity contribution in [3.8, 4) is 17.7 Å². The number of benzene rings is 2. The molecule has 22 heavy (non-hydrogen) atoms. The molecule has 4 heteroatoms. The van der Waals surface area contributed by atoms with E-state index in [1.807, 2.05) is 24.3 Å². The Kier molecular flexibility index (Phi) is 3.99. The molecule has 0 bridgehead atoms. The number of hydrogen-bond donors (Lipinski definition) is 1. The SMILES string of the molecule is N#Cc1ccc(Oc2ccc3cc(CCN)ccc3n2)cc1. The maximum atomic E-state index is 8.79. The maximum Gasteiger partial charge on any atom is 0.219 e. The van der Waals surface area contributed by atoms with Gasteiger partial charge in [0.1, 0.15) is 5.75 Å². The van der Waals surface area contributed by atoms with Crippen LogP contribution in [0.15, 0.2) is 54.6 Å². The summed E-state index contributed by atoms with van der Waals surface area (Å²) in [6.07, 6.45) is 0.861. The smallest absolute Gasteiger partial charge is 0.219 e. The number of hydrogen-bond acceptors (Lipinski definition) is 4. The Morgan fingerprint density at radius 3 is 2.59 bits per heavy atom. The van der Waals surface area contributed by atoms with Crippen LogP contribution in [0, 0.1) is 11.3 Å². The molecule has 3 rings (SSSR count). The highest BCUT2D eigenvalue weighted by Gasteiger charge is 2.03. The van der Waals surface area contributed by atoms with E-state index in [1.165, 1.54) is 5.56 Å². The molecule has 2 N–H and O–H groups in total. The van der Waals surface area contributed by atoms with E-state index in [0.29, 0.717) is 23.7 Å². The molecule has 3 aromatic rings. The molecule has 0 amide bonds. The van der Waals surface area contributed by atoms with Crippen LogP contribution in [0.25, 0.3) is 10.9 Å². The minimum absolute atomic E-state index is 0.531. The molecule has 0 aliphatic heterocycles. The third kappa shape index (κ3) is 3.05. The van der Waals surface area contributed by atoms with Crippen molar-refractivity contribution in [3.05, 3.63) is 65.7 Å². The number of pyridine rings is 1. The van der Waals surface area contributed by atoms with Crippen molar-refractivity contribution < 1.29 is 4.74 Å². The molecule has 108 valence electrons. The fourth-order valence-electron chi connectivity index (χ4n) is 2.25. The molecule has 0 aliphatic rings. The van der Waals surface area contributed by atoms with Gasteiger partial charge in [-0.1, -0.05) is 6.07 Å². The lowest BCUT2D eigenvalue weighted by atomic mass is 10.1. The van der Waals surface area contributed by atoms with Crippen LogP contribution in [0.1, 0.15) is 11.1 Å². The van der Waals surface area contributed by atoms with Crippen LogP contribution in [0.5, 0.6) is 11.6 Å². The van der Waals surface area contributed by atoms with Gasteiger partial charge in [-0.25, -0.2) is 4.98 Å². The lowest BCUT2D eigenvalue weighted by Gasteiger charge is -2.07. The number of nitriles is 1. The summed E-state index contributed by atoms with van der Waals surface area (Å²) >= 11 is 0. The molecule has 0 saturated heterocycles. The molecule has 0 spiro atoms. The van der Waals surface area contributed by atoms with Crippen LogP contribution in [0.2, 0.25) is 0 Å². The van der Waals surface area contributed by atoms with Gasteiger partial charge in [0.05, 0.1) is 17.1 Å². The summed E-state index contributed by atoms with van der Waals surface area (Å²) in [6, 6.07) is 19.0. The highest BCUT2D eigenvalue weighted by Crippen LogP contribution is 2.23. The summed E-state index contributed by atoms with van der Waals surface area (Å²) in [5.41, 5.74) is 8.27. The molecule has 0 atom stereocenters. The van der Waals surface area contributed by atoms with Crippen LogP contribution >= 0.6 is 0 Å². The summed E-state index contributed by atoms with van der Waals surface area (Å²) in [7, 11) is 0. The van der Waals surface area contributed by atoms with Crippen LogP contribution < -0.4 is 10.5 Å². The van der Waals surface area contributed by atoms with Gasteiger partial charge in [0, 0.05) is 11.5 Å². The fourth-order valence-corrected chi connectivity index (χ4v) is 2.25. The van der Waals surface area contributed by atoms with E-state index in [0.717, 1.165) is 17.3 Å². The summed E-state index contributed by atoms with van der Waals surface area (Å²) in [5, 5.41) is 9.85. The first-order valence-corrected chi connectivity index (χ1v) is 7.06. The van der Waals surface area contributed by atoms with E-state index < -0.39 is 0 Å². The van der Waals surface area contributed by atoms with E-state index in [-0.39, 0.29) is 0 Å². The second-order valence-electron chi connectivity index (χ2n) is 4.95. The molecule has 0 fully saturated rings. The van der Waals surface area contributed by atoms with Crippen LogP contribution in [-0.2, 0) is 6.42 Å². The quantitative estimate of drug-likeness (QED) is 0.799. The molecule has 0 saturated carbocycles. The molecular weight excluding hydrogens is 274 g/mol. The zero-order valence-electron chi connectivity index (χ0n) is 12.0. The monoisotopic (exact) mass is 289 g/mol. The third-order valence-electron chi connectivity index (χ3n) is 3.37. The normalized spacial score (nSPS) is 10.4. The number of nitrogens with two attached hydrogens (primary N) is 1. The van der Waals surface area contributed by atoms with Gasteiger partial charge in [0.25, 0.3) is 0 Å². The first kappa shape index (κ1) is 14.1. The maximum absolute atomic E-state index is 8.79. The van der Waals surface area contributed by atoms with Crippen molar-refractivity contribution in [2.75, 3.05) is 6.54 Å². The summed E-state index contributed by atoms with van der Waals surface area (Å²) in [6.45, 7) is 0.638. The highest BCUT2D eigenvalue weighted by molar-refractivity contribution is 5.79. The van der Waals surface area contributed by atoms with Gasteiger partial charge in [-0.05, 0) is 61.0 Å². The first-order chi connectivity index (χ1) is 10.8. The molecular formula is C18H15N3O. The van der Waals surface area contributed by atoms with E-state index in [2.05, 4.69) is 17.1 Å². The predicted molar refractivity (Wildman–Crippen MR) is 85.7 cm³/mol. The third-order valence-corrected chi connectivity index (χ3v) is 3.37. The highest BCUT2D eigenvalue weighted by atomic mass is 16.5. The van der Waals surface area contributed by atoms with Crippen molar-refractivity contribution in [1.82, 2.24) is 4.98 Å². The van der Waals surface area contributed by atoms with Gasteiger partial charge < -0.3 is 10.5 Å². The molecule has 2 aromatic carbocycles. The van der Waals surface area contributed by atoms with Crippen molar-refractivity contribution in [2.24, 2.45) is 5.73 Å². The number of fused-ring (bicyclic) bond motifs is 1. The molecule has 1 heterocycles. The second-order valence-corrected chi connectivity index (χ2v) is 4.95. The average Bonchev–Trinajstić information content (AvgIpc) is 2.56. The number of nitrogens with zero attached hydrogens (tertiary/aromatic N) is 2. The second kappa shape index (κ2) is 6.25. The zero-order valence-corrected chi connectivity index (χ0v) is 12.0. The summed E-state index contributed by atoms with van der Waals surface area (Å²) in [5.74, 6) is 1.19. The average molecular weight is 289 g/mol.